The lowest BCUT2D eigenvalue weighted by Gasteiger charge is -2.20. The number of fused-ring (bicyclic) bond motifs is 1. The number of nitrogens with two attached hydrogens (primary N) is 1. The molecule has 0 bridgehead atoms. The van der Waals surface area contributed by atoms with E-state index in [1.807, 2.05) is 0 Å². The van der Waals surface area contributed by atoms with E-state index in [0.29, 0.717) is 18.9 Å². The Kier molecular flexibility index (Phi) is 3.92. The Bertz CT molecular complexity index is 784. The molecule has 0 aliphatic carbocycles. The Balaban J connectivity index is 0.00000208. The Morgan fingerprint density at radius 2 is 2.26 bits per heavy atom. The van der Waals surface area contributed by atoms with Crippen LogP contribution in [0.5, 0.6) is 5.75 Å². The molecule has 0 spiro atoms. The highest BCUT2D eigenvalue weighted by Crippen LogP contribution is 2.22. The second kappa shape index (κ2) is 6.04. The number of amides is 1. The normalized spacial score (nSPS) is 13.7. The zero-order chi connectivity index (χ0) is 16.4. The van der Waals surface area contributed by atoms with Crippen molar-refractivity contribution in [2.45, 2.75) is 6.54 Å². The maximum atomic E-state index is 13.4. The average molecular weight is 316 g/mol. The first kappa shape index (κ1) is 15.0. The predicted molar refractivity (Wildman–Crippen MR) is 84.9 cm³/mol. The molecule has 2 aromatic rings. The third kappa shape index (κ3) is 2.98. The van der Waals surface area contributed by atoms with E-state index < -0.39 is 11.7 Å². The minimum Gasteiger partial charge on any atom is -0.491 e. The molecule has 3 rings (SSSR count). The number of benzene rings is 1. The third-order valence-electron chi connectivity index (χ3n) is 3.62. The molecule has 0 radical (unpaired) electrons. The van der Waals surface area contributed by atoms with Gasteiger partial charge in [0.05, 0.1) is 13.1 Å². The number of carbonyl (C=O) groups is 1. The van der Waals surface area contributed by atoms with E-state index in [4.69, 9.17) is 15.9 Å². The second-order valence-corrected chi connectivity index (χ2v) is 5.17. The fraction of sp³-hybridized carbons (Fsp3) is 0.188. The maximum Gasteiger partial charge on any atom is 0.272 e. The molecule has 0 unspecified atom stereocenters. The van der Waals surface area contributed by atoms with Gasteiger partial charge in [0.25, 0.3) is 5.91 Å². The summed E-state index contributed by atoms with van der Waals surface area (Å²) in [5.74, 6) is -0.393. The fourth-order valence-corrected chi connectivity index (χ4v) is 2.42. The number of anilines is 1. The van der Waals surface area contributed by atoms with Crippen LogP contribution < -0.4 is 10.5 Å². The van der Waals surface area contributed by atoms with Crippen molar-refractivity contribution in [1.82, 2.24) is 9.88 Å². The Morgan fingerprint density at radius 3 is 3.09 bits per heavy atom. The van der Waals surface area contributed by atoms with E-state index in [9.17, 15) is 9.18 Å². The van der Waals surface area contributed by atoms with Gasteiger partial charge in [-0.25, -0.2) is 4.39 Å². The topological polar surface area (TPSA) is 92.3 Å². The molecule has 0 fully saturated rings. The van der Waals surface area contributed by atoms with E-state index in [2.05, 4.69) is 4.98 Å². The Morgan fingerprint density at radius 1 is 1.43 bits per heavy atom. The van der Waals surface area contributed by atoms with Crippen LogP contribution in [0.3, 0.4) is 0 Å². The number of carbonyl (C=O) groups excluding carboxylic acids is 1. The van der Waals surface area contributed by atoms with E-state index in [-0.39, 0.29) is 24.9 Å². The molecule has 7 heteroatoms. The minimum atomic E-state index is -0.541. The first-order valence-electron chi connectivity index (χ1n) is 7.05. The van der Waals surface area contributed by atoms with Crippen molar-refractivity contribution < 1.29 is 15.3 Å². The van der Waals surface area contributed by atoms with Crippen LogP contribution >= 0.6 is 0 Å². The molecule has 1 aromatic carbocycles. The van der Waals surface area contributed by atoms with Crippen molar-refractivity contribution in [3.63, 3.8) is 0 Å². The highest BCUT2D eigenvalue weighted by Gasteiger charge is 2.25. The number of hydrogen-bond donors (Lipinski definition) is 2. The van der Waals surface area contributed by atoms with Gasteiger partial charge in [0, 0.05) is 30.6 Å². The number of nitrogens with one attached hydrogen (secondary N) is 1. The minimum absolute atomic E-state index is 0. The zero-order valence-electron chi connectivity index (χ0n) is 12.3. The summed E-state index contributed by atoms with van der Waals surface area (Å²) < 4.78 is 18.9. The van der Waals surface area contributed by atoms with Crippen LogP contribution in [-0.4, -0.2) is 34.7 Å². The van der Waals surface area contributed by atoms with E-state index in [1.54, 1.807) is 18.5 Å². The summed E-state index contributed by atoms with van der Waals surface area (Å²) in [4.78, 5) is 18.1. The zero-order valence-corrected chi connectivity index (χ0v) is 12.3. The van der Waals surface area contributed by atoms with Crippen molar-refractivity contribution in [2.24, 2.45) is 0 Å². The number of halogens is 1. The average Bonchev–Trinajstić information content (AvgIpc) is 2.78. The molecule has 6 nitrogen and oxygen atoms in total. The van der Waals surface area contributed by atoms with E-state index >= 15 is 0 Å². The molecule has 1 aromatic heterocycles. The number of pyridine rings is 1. The lowest BCUT2D eigenvalue weighted by atomic mass is 10.1. The van der Waals surface area contributed by atoms with Gasteiger partial charge in [0.2, 0.25) is 0 Å². The first-order chi connectivity index (χ1) is 11.1. The molecule has 0 atom stereocenters. The van der Waals surface area contributed by atoms with Crippen molar-refractivity contribution in [1.29, 1.82) is 5.41 Å². The van der Waals surface area contributed by atoms with Crippen LogP contribution in [0.1, 0.15) is 12.6 Å². The standard InChI is InChI=1S/C16H15FN4O2.H2/c17-11-1-2-13(18)12(7-11)15(19)16(22)21-5-6-23-14-3-4-20-8-10(14)9-21;/h1-4,7-8,19H,5-6,9,18H2;1H. The summed E-state index contributed by atoms with van der Waals surface area (Å²) in [5.41, 5.74) is 6.46. The van der Waals surface area contributed by atoms with Gasteiger partial charge < -0.3 is 15.4 Å². The molecule has 0 saturated carbocycles. The maximum absolute atomic E-state index is 13.4. The molecule has 1 amide bonds. The van der Waals surface area contributed by atoms with E-state index in [1.165, 1.54) is 17.0 Å². The summed E-state index contributed by atoms with van der Waals surface area (Å²) in [6.45, 7) is 0.916. The molecule has 1 aliphatic heterocycles. The molecule has 23 heavy (non-hydrogen) atoms. The highest BCUT2D eigenvalue weighted by atomic mass is 19.1. The molecule has 3 N–H and O–H groups in total. The van der Waals surface area contributed by atoms with Crippen LogP contribution in [0.4, 0.5) is 10.1 Å². The van der Waals surface area contributed by atoms with Gasteiger partial charge in [0.15, 0.2) is 0 Å². The van der Waals surface area contributed by atoms with Gasteiger partial charge in [-0.3, -0.25) is 15.2 Å². The summed E-state index contributed by atoms with van der Waals surface area (Å²) in [7, 11) is 0. The summed E-state index contributed by atoms with van der Waals surface area (Å²) in [6.07, 6.45) is 3.24. The number of ether oxygens (including phenoxy) is 1. The summed E-state index contributed by atoms with van der Waals surface area (Å²) in [5, 5.41) is 8.07. The van der Waals surface area contributed by atoms with Crippen LogP contribution in [-0.2, 0) is 11.3 Å². The van der Waals surface area contributed by atoms with Crippen molar-refractivity contribution in [2.75, 3.05) is 18.9 Å². The second-order valence-electron chi connectivity index (χ2n) is 5.17. The van der Waals surface area contributed by atoms with Gasteiger partial charge in [-0.15, -0.1) is 0 Å². The van der Waals surface area contributed by atoms with Crippen LogP contribution in [0.25, 0.3) is 0 Å². The quantitative estimate of drug-likeness (QED) is 0.653. The predicted octanol–water partition coefficient (Wildman–Crippen LogP) is 1.84. The number of hydrogen-bond acceptors (Lipinski definition) is 5. The van der Waals surface area contributed by atoms with E-state index in [0.717, 1.165) is 11.6 Å². The number of nitrogen functional groups attached to an aromatic ring is 1. The smallest absolute Gasteiger partial charge is 0.272 e. The SMILES string of the molecule is N=C(C(=O)N1CCOc2ccncc2C1)c1cc(F)ccc1N.[HH]. The number of nitrogens with zero attached hydrogens (tertiary/aromatic N) is 2. The molecular weight excluding hydrogens is 299 g/mol. The van der Waals surface area contributed by atoms with Crippen molar-refractivity contribution >= 4 is 17.3 Å². The molecule has 120 valence electrons. The molecule has 1 aliphatic rings. The lowest BCUT2D eigenvalue weighted by molar-refractivity contribution is -0.124. The Hall–Kier alpha value is -2.96. The highest BCUT2D eigenvalue weighted by molar-refractivity contribution is 6.45. The fourth-order valence-electron chi connectivity index (χ4n) is 2.42. The van der Waals surface area contributed by atoms with Crippen LogP contribution in [0.2, 0.25) is 0 Å². The monoisotopic (exact) mass is 316 g/mol. The Labute approximate surface area is 133 Å². The van der Waals surface area contributed by atoms with Gasteiger partial charge >= 0.3 is 0 Å². The van der Waals surface area contributed by atoms with Crippen molar-refractivity contribution in [3.05, 3.63) is 53.6 Å². The largest absolute Gasteiger partial charge is 0.491 e. The summed E-state index contributed by atoms with van der Waals surface area (Å²) >= 11 is 0. The molecule has 2 heterocycles. The van der Waals surface area contributed by atoms with Crippen LogP contribution in [0, 0.1) is 11.2 Å². The van der Waals surface area contributed by atoms with Crippen LogP contribution in [0.15, 0.2) is 36.7 Å². The van der Waals surface area contributed by atoms with Crippen molar-refractivity contribution in [3.8, 4) is 5.75 Å². The first-order valence-corrected chi connectivity index (χ1v) is 7.05. The van der Waals surface area contributed by atoms with Gasteiger partial charge in [-0.2, -0.15) is 0 Å². The lowest BCUT2D eigenvalue weighted by Crippen LogP contribution is -2.37. The number of aromatic nitrogens is 1. The van der Waals surface area contributed by atoms with Gasteiger partial charge in [0.1, 0.15) is 23.9 Å². The van der Waals surface area contributed by atoms with Gasteiger partial charge in [-0.1, -0.05) is 0 Å². The number of rotatable bonds is 2. The molecular formula is C16H17FN4O2. The summed E-state index contributed by atoms with van der Waals surface area (Å²) in [6, 6.07) is 5.37. The van der Waals surface area contributed by atoms with Gasteiger partial charge in [-0.05, 0) is 24.3 Å². The third-order valence-corrected chi connectivity index (χ3v) is 3.62. The molecule has 0 saturated heterocycles.